The molecular formula is C22H21NO4. The van der Waals surface area contributed by atoms with Crippen LogP contribution in [0.4, 0.5) is 5.69 Å². The molecule has 0 spiro atoms. The minimum Gasteiger partial charge on any atom is -0.491 e. The molecule has 5 heteroatoms. The van der Waals surface area contributed by atoms with Gasteiger partial charge in [0.1, 0.15) is 11.3 Å². The van der Waals surface area contributed by atoms with E-state index in [2.05, 4.69) is 11.4 Å². The molecule has 138 valence electrons. The Balaban J connectivity index is 1.67. The predicted octanol–water partition coefficient (Wildman–Crippen LogP) is 4.32. The summed E-state index contributed by atoms with van der Waals surface area (Å²) in [4.78, 5) is 24.8. The average Bonchev–Trinajstić information content (AvgIpc) is 3.08. The van der Waals surface area contributed by atoms with Crippen LogP contribution in [0.2, 0.25) is 0 Å². The second-order valence-electron chi connectivity index (χ2n) is 7.09. The van der Waals surface area contributed by atoms with E-state index in [1.54, 1.807) is 18.2 Å². The van der Waals surface area contributed by atoms with Gasteiger partial charge in [-0.25, -0.2) is 4.79 Å². The highest BCUT2D eigenvalue weighted by Crippen LogP contribution is 2.27. The number of aryl methyl sites for hydroxylation is 2. The smallest absolute Gasteiger partial charge is 0.337 e. The minimum atomic E-state index is -0.566. The van der Waals surface area contributed by atoms with Crippen LogP contribution >= 0.6 is 0 Å². The molecule has 5 nitrogen and oxygen atoms in total. The van der Waals surface area contributed by atoms with Crippen molar-refractivity contribution < 1.29 is 13.9 Å². The summed E-state index contributed by atoms with van der Waals surface area (Å²) in [5.74, 6) is 0.264. The number of hydrogen-bond donors (Lipinski definition) is 1. The summed E-state index contributed by atoms with van der Waals surface area (Å²) in [6, 6.07) is 12.4. The van der Waals surface area contributed by atoms with E-state index < -0.39 is 5.63 Å². The zero-order valence-electron chi connectivity index (χ0n) is 15.4. The molecule has 1 aliphatic carbocycles. The zero-order chi connectivity index (χ0) is 19.0. The van der Waals surface area contributed by atoms with Gasteiger partial charge in [0.2, 0.25) is 0 Å². The van der Waals surface area contributed by atoms with Gasteiger partial charge >= 0.3 is 5.63 Å². The first kappa shape index (κ1) is 17.3. The SMILES string of the molecule is CC(C)Oc1ccc2c(C(=O)Nc3ccc4c(c3)CCC4)cc(=O)oc2c1. The van der Waals surface area contributed by atoms with Gasteiger partial charge in [0.05, 0.1) is 11.7 Å². The molecule has 1 aromatic heterocycles. The minimum absolute atomic E-state index is 0.000428. The van der Waals surface area contributed by atoms with Crippen LogP contribution < -0.4 is 15.7 Å². The molecule has 0 radical (unpaired) electrons. The number of carbonyl (C=O) groups is 1. The van der Waals surface area contributed by atoms with Gasteiger partial charge in [-0.05, 0) is 68.5 Å². The number of anilines is 1. The Bertz CT molecular complexity index is 1080. The Morgan fingerprint density at radius 2 is 1.89 bits per heavy atom. The largest absolute Gasteiger partial charge is 0.491 e. The Kier molecular flexibility index (Phi) is 4.44. The lowest BCUT2D eigenvalue weighted by Crippen LogP contribution is -2.15. The highest BCUT2D eigenvalue weighted by molar-refractivity contribution is 6.12. The topological polar surface area (TPSA) is 68.5 Å². The molecule has 1 heterocycles. The third-order valence-electron chi connectivity index (χ3n) is 4.69. The molecule has 0 fully saturated rings. The second kappa shape index (κ2) is 6.91. The van der Waals surface area contributed by atoms with Crippen LogP contribution in [0.15, 0.2) is 51.7 Å². The molecule has 0 atom stereocenters. The highest BCUT2D eigenvalue weighted by atomic mass is 16.5. The Labute approximate surface area is 157 Å². The number of carbonyl (C=O) groups excluding carboxylic acids is 1. The van der Waals surface area contributed by atoms with Crippen molar-refractivity contribution in [3.05, 3.63) is 69.6 Å². The zero-order valence-corrected chi connectivity index (χ0v) is 15.4. The van der Waals surface area contributed by atoms with E-state index in [4.69, 9.17) is 9.15 Å². The predicted molar refractivity (Wildman–Crippen MR) is 105 cm³/mol. The number of ether oxygens (including phenoxy) is 1. The van der Waals surface area contributed by atoms with Crippen molar-refractivity contribution in [2.45, 2.75) is 39.2 Å². The summed E-state index contributed by atoms with van der Waals surface area (Å²) in [6.07, 6.45) is 3.28. The number of rotatable bonds is 4. The van der Waals surface area contributed by atoms with Gasteiger partial charge < -0.3 is 14.5 Å². The standard InChI is InChI=1S/C22H21NO4/c1-13(2)26-17-8-9-18-19(12-21(24)27-20(18)11-17)22(25)23-16-7-6-14-4-3-5-15(14)10-16/h6-13H,3-5H2,1-2H3,(H,23,25). The van der Waals surface area contributed by atoms with Gasteiger partial charge in [0, 0.05) is 23.2 Å². The number of nitrogens with one attached hydrogen (secondary N) is 1. The van der Waals surface area contributed by atoms with E-state index in [1.165, 1.54) is 17.2 Å². The van der Waals surface area contributed by atoms with E-state index in [0.717, 1.165) is 24.9 Å². The fraction of sp³-hybridized carbons (Fsp3) is 0.273. The van der Waals surface area contributed by atoms with Crippen molar-refractivity contribution in [1.29, 1.82) is 0 Å². The van der Waals surface area contributed by atoms with E-state index >= 15 is 0 Å². The van der Waals surface area contributed by atoms with Gasteiger partial charge in [-0.2, -0.15) is 0 Å². The van der Waals surface area contributed by atoms with Crippen molar-refractivity contribution in [1.82, 2.24) is 0 Å². The van der Waals surface area contributed by atoms with Crippen LogP contribution in [0.5, 0.6) is 5.75 Å². The normalized spacial score (nSPS) is 13.0. The van der Waals surface area contributed by atoms with Crippen LogP contribution in [-0.2, 0) is 12.8 Å². The van der Waals surface area contributed by atoms with Crippen molar-refractivity contribution in [2.24, 2.45) is 0 Å². The Hall–Kier alpha value is -3.08. The molecule has 0 saturated heterocycles. The summed E-state index contributed by atoms with van der Waals surface area (Å²) in [6.45, 7) is 3.84. The van der Waals surface area contributed by atoms with E-state index in [0.29, 0.717) is 16.7 Å². The van der Waals surface area contributed by atoms with E-state index in [1.807, 2.05) is 26.0 Å². The molecule has 2 aromatic carbocycles. The maximum atomic E-state index is 12.8. The Morgan fingerprint density at radius 1 is 1.07 bits per heavy atom. The van der Waals surface area contributed by atoms with Crippen molar-refractivity contribution in [2.75, 3.05) is 5.32 Å². The van der Waals surface area contributed by atoms with Crippen LogP contribution in [0.25, 0.3) is 11.0 Å². The van der Waals surface area contributed by atoms with Crippen LogP contribution in [0.1, 0.15) is 41.8 Å². The van der Waals surface area contributed by atoms with Gasteiger partial charge in [-0.15, -0.1) is 0 Å². The van der Waals surface area contributed by atoms with Crippen molar-refractivity contribution >= 4 is 22.6 Å². The van der Waals surface area contributed by atoms with Gasteiger partial charge in [-0.3, -0.25) is 4.79 Å². The maximum Gasteiger partial charge on any atom is 0.337 e. The molecule has 1 amide bonds. The molecule has 1 aliphatic rings. The van der Waals surface area contributed by atoms with Crippen LogP contribution in [0.3, 0.4) is 0 Å². The van der Waals surface area contributed by atoms with E-state index in [9.17, 15) is 9.59 Å². The molecular weight excluding hydrogens is 342 g/mol. The number of amides is 1. The van der Waals surface area contributed by atoms with Crippen molar-refractivity contribution in [3.63, 3.8) is 0 Å². The fourth-order valence-electron chi connectivity index (χ4n) is 3.52. The Morgan fingerprint density at radius 3 is 2.70 bits per heavy atom. The summed E-state index contributed by atoms with van der Waals surface area (Å²) in [5, 5.41) is 3.48. The van der Waals surface area contributed by atoms with Crippen molar-refractivity contribution in [3.8, 4) is 5.75 Å². The quantitative estimate of drug-likeness (QED) is 0.701. The van der Waals surface area contributed by atoms with Gasteiger partial charge in [0.25, 0.3) is 5.91 Å². The number of fused-ring (bicyclic) bond motifs is 2. The first-order chi connectivity index (χ1) is 13.0. The highest BCUT2D eigenvalue weighted by Gasteiger charge is 2.16. The van der Waals surface area contributed by atoms with Crippen LogP contribution in [0, 0.1) is 0 Å². The molecule has 3 aromatic rings. The lowest BCUT2D eigenvalue weighted by atomic mass is 10.1. The molecule has 1 N–H and O–H groups in total. The average molecular weight is 363 g/mol. The van der Waals surface area contributed by atoms with E-state index in [-0.39, 0.29) is 17.6 Å². The molecule has 0 bridgehead atoms. The summed E-state index contributed by atoms with van der Waals surface area (Å²) in [7, 11) is 0. The van der Waals surface area contributed by atoms with Crippen LogP contribution in [-0.4, -0.2) is 12.0 Å². The molecule has 27 heavy (non-hydrogen) atoms. The summed E-state index contributed by atoms with van der Waals surface area (Å²) in [5.41, 5.74) is 3.42. The maximum absolute atomic E-state index is 12.8. The number of hydrogen-bond acceptors (Lipinski definition) is 4. The molecule has 0 saturated carbocycles. The number of benzene rings is 2. The summed E-state index contributed by atoms with van der Waals surface area (Å²) >= 11 is 0. The monoisotopic (exact) mass is 363 g/mol. The lowest BCUT2D eigenvalue weighted by molar-refractivity contribution is 0.102. The molecule has 4 rings (SSSR count). The molecule has 0 unspecified atom stereocenters. The first-order valence-corrected chi connectivity index (χ1v) is 9.17. The van der Waals surface area contributed by atoms with Gasteiger partial charge in [0.15, 0.2) is 0 Å². The third kappa shape index (κ3) is 3.58. The summed E-state index contributed by atoms with van der Waals surface area (Å²) < 4.78 is 10.9. The third-order valence-corrected chi connectivity index (χ3v) is 4.69. The van der Waals surface area contributed by atoms with Gasteiger partial charge in [-0.1, -0.05) is 6.07 Å². The lowest BCUT2D eigenvalue weighted by Gasteiger charge is -2.11. The molecule has 0 aliphatic heterocycles. The second-order valence-corrected chi connectivity index (χ2v) is 7.09. The fourth-order valence-corrected chi connectivity index (χ4v) is 3.52. The first-order valence-electron chi connectivity index (χ1n) is 9.17.